The van der Waals surface area contributed by atoms with Gasteiger partial charge in [0.25, 0.3) is 5.88 Å². The van der Waals surface area contributed by atoms with Crippen LogP contribution in [0.25, 0.3) is 0 Å². The Bertz CT molecular complexity index is 925. The third kappa shape index (κ3) is 5.32. The summed E-state index contributed by atoms with van der Waals surface area (Å²) >= 11 is 3.10. The first-order chi connectivity index (χ1) is 13.8. The van der Waals surface area contributed by atoms with Crippen LogP contribution in [-0.4, -0.2) is 59.0 Å². The molecule has 0 aliphatic carbocycles. The van der Waals surface area contributed by atoms with Crippen LogP contribution >= 0.6 is 15.9 Å². The van der Waals surface area contributed by atoms with Crippen LogP contribution in [0.2, 0.25) is 0 Å². The van der Waals surface area contributed by atoms with Gasteiger partial charge in [-0.2, -0.15) is 5.12 Å². The van der Waals surface area contributed by atoms with Crippen LogP contribution in [0.5, 0.6) is 11.6 Å². The molecule has 1 aromatic heterocycles. The monoisotopic (exact) mass is 475 g/mol. The maximum atomic E-state index is 13.2. The third-order valence-electron chi connectivity index (χ3n) is 3.56. The Morgan fingerprint density at radius 3 is 2.76 bits per heavy atom. The van der Waals surface area contributed by atoms with Crippen molar-refractivity contribution in [1.29, 1.82) is 0 Å². The van der Waals surface area contributed by atoms with Gasteiger partial charge in [-0.25, -0.2) is 8.78 Å². The molecule has 13 heteroatoms. The molecule has 0 unspecified atom stereocenters. The summed E-state index contributed by atoms with van der Waals surface area (Å²) in [6, 6.07) is 3.46. The molecule has 2 N–H and O–H groups in total. The third-order valence-corrected chi connectivity index (χ3v) is 4.18. The number of aromatic nitrogens is 1. The molecular formula is C16H16BrF2N5O5. The predicted octanol–water partition coefficient (Wildman–Crippen LogP) is 1.98. The van der Waals surface area contributed by atoms with Gasteiger partial charge in [0.05, 0.1) is 23.8 Å². The van der Waals surface area contributed by atoms with Gasteiger partial charge in [-0.1, -0.05) is 0 Å². The van der Waals surface area contributed by atoms with Crippen LogP contribution in [0.1, 0.15) is 12.2 Å². The van der Waals surface area contributed by atoms with E-state index in [0.717, 1.165) is 17.3 Å². The SMILES string of the molecule is CN1NN(CC(=O)O)N=C1c1cc(OCCCOc2cc(F)c(F)cc2Br)no1. The molecule has 0 saturated heterocycles. The number of aliphatic carboxylic acids is 1. The Morgan fingerprint density at radius 1 is 1.28 bits per heavy atom. The maximum absolute atomic E-state index is 13.2. The highest BCUT2D eigenvalue weighted by atomic mass is 79.9. The van der Waals surface area contributed by atoms with Crippen LogP contribution in [0.15, 0.2) is 32.3 Å². The molecule has 0 bridgehead atoms. The number of nitrogens with zero attached hydrogens (tertiary/aromatic N) is 4. The first-order valence-corrected chi connectivity index (χ1v) is 9.08. The fourth-order valence-electron chi connectivity index (χ4n) is 2.30. The number of hydrogen-bond acceptors (Lipinski definition) is 9. The summed E-state index contributed by atoms with van der Waals surface area (Å²) in [5, 5.41) is 19.2. The van der Waals surface area contributed by atoms with Gasteiger partial charge in [0.2, 0.25) is 11.6 Å². The molecule has 0 amide bonds. The van der Waals surface area contributed by atoms with Crippen molar-refractivity contribution in [3.05, 3.63) is 40.1 Å². The average molecular weight is 476 g/mol. The second-order valence-corrected chi connectivity index (χ2v) is 6.66. The largest absolute Gasteiger partial charge is 0.492 e. The van der Waals surface area contributed by atoms with Crippen molar-refractivity contribution < 1.29 is 32.7 Å². The lowest BCUT2D eigenvalue weighted by atomic mass is 10.3. The van der Waals surface area contributed by atoms with Crippen molar-refractivity contribution in [2.24, 2.45) is 5.10 Å². The minimum absolute atomic E-state index is 0.188. The van der Waals surface area contributed by atoms with Gasteiger partial charge in [-0.3, -0.25) is 9.80 Å². The average Bonchev–Trinajstić information content (AvgIpc) is 3.24. The lowest BCUT2D eigenvalue weighted by Crippen LogP contribution is -2.42. The second kappa shape index (κ2) is 9.05. The smallest absolute Gasteiger partial charge is 0.326 e. The number of amidine groups is 1. The van der Waals surface area contributed by atoms with Gasteiger partial charge in [0, 0.05) is 19.5 Å². The fraction of sp³-hybridized carbons (Fsp3) is 0.312. The zero-order valence-corrected chi connectivity index (χ0v) is 16.6. The van der Waals surface area contributed by atoms with E-state index in [1.807, 2.05) is 0 Å². The summed E-state index contributed by atoms with van der Waals surface area (Å²) in [6.45, 7) is 0.107. The minimum atomic E-state index is -1.05. The standard InChI is InChI=1S/C16H16BrF2N5O5/c1-23-16(20-24(22-23)8-15(25)26)13-7-14(21-29-13)28-4-2-3-27-12-6-11(19)10(18)5-9(12)17/h5-7,22H,2-4,8H2,1H3,(H,25,26). The van der Waals surface area contributed by atoms with Gasteiger partial charge in [0.1, 0.15) is 5.75 Å². The quantitative estimate of drug-likeness (QED) is 0.415. The number of carboxylic acid groups (broad SMARTS) is 1. The summed E-state index contributed by atoms with van der Waals surface area (Å²) in [4.78, 5) is 10.7. The number of ether oxygens (including phenoxy) is 2. The molecular weight excluding hydrogens is 460 g/mol. The molecule has 1 aliphatic rings. The van der Waals surface area contributed by atoms with Crippen molar-refractivity contribution in [2.45, 2.75) is 6.42 Å². The van der Waals surface area contributed by atoms with E-state index in [1.165, 1.54) is 11.1 Å². The molecule has 156 valence electrons. The Kier molecular flexibility index (Phi) is 6.49. The summed E-state index contributed by atoms with van der Waals surface area (Å²) in [6.07, 6.45) is 0.447. The van der Waals surface area contributed by atoms with Crippen molar-refractivity contribution in [1.82, 2.24) is 20.8 Å². The van der Waals surface area contributed by atoms with E-state index < -0.39 is 17.6 Å². The number of nitrogens with one attached hydrogen (secondary N) is 1. The molecule has 0 radical (unpaired) electrons. The van der Waals surface area contributed by atoms with E-state index in [4.69, 9.17) is 19.1 Å². The van der Waals surface area contributed by atoms with E-state index >= 15 is 0 Å². The van der Waals surface area contributed by atoms with Gasteiger partial charge >= 0.3 is 5.97 Å². The van der Waals surface area contributed by atoms with Crippen molar-refractivity contribution in [3.8, 4) is 11.6 Å². The lowest BCUT2D eigenvalue weighted by Gasteiger charge is -2.14. The number of carbonyl (C=O) groups is 1. The van der Waals surface area contributed by atoms with Gasteiger partial charge in [-0.05, 0) is 27.2 Å². The first-order valence-electron chi connectivity index (χ1n) is 8.28. The van der Waals surface area contributed by atoms with Crippen molar-refractivity contribution in [3.63, 3.8) is 0 Å². The molecule has 1 aliphatic heterocycles. The fourth-order valence-corrected chi connectivity index (χ4v) is 2.73. The molecule has 0 fully saturated rings. The van der Waals surface area contributed by atoms with Crippen molar-refractivity contribution >= 4 is 27.7 Å². The molecule has 0 spiro atoms. The molecule has 29 heavy (non-hydrogen) atoms. The highest BCUT2D eigenvalue weighted by molar-refractivity contribution is 9.10. The number of hydrogen-bond donors (Lipinski definition) is 2. The number of hydrazone groups is 1. The highest BCUT2D eigenvalue weighted by Crippen LogP contribution is 2.27. The van der Waals surface area contributed by atoms with Crippen LogP contribution in [0, 0.1) is 11.6 Å². The Morgan fingerprint density at radius 2 is 2.00 bits per heavy atom. The zero-order chi connectivity index (χ0) is 21.0. The first kappa shape index (κ1) is 20.8. The van der Waals surface area contributed by atoms with E-state index in [9.17, 15) is 13.6 Å². The zero-order valence-electron chi connectivity index (χ0n) is 15.1. The second-order valence-electron chi connectivity index (χ2n) is 5.81. The molecule has 2 heterocycles. The molecule has 0 atom stereocenters. The number of halogens is 3. The van der Waals surface area contributed by atoms with E-state index in [-0.39, 0.29) is 37.1 Å². The highest BCUT2D eigenvalue weighted by Gasteiger charge is 2.25. The van der Waals surface area contributed by atoms with Gasteiger partial charge in [-0.15, -0.1) is 10.6 Å². The van der Waals surface area contributed by atoms with Crippen molar-refractivity contribution in [2.75, 3.05) is 26.8 Å². The number of rotatable bonds is 9. The molecule has 2 aromatic rings. The Hall–Kier alpha value is -2.93. The normalized spacial score (nSPS) is 13.6. The van der Waals surface area contributed by atoms with Crippen LogP contribution < -0.4 is 15.0 Å². The summed E-state index contributed by atoms with van der Waals surface area (Å²) in [5.41, 5.74) is 2.71. The maximum Gasteiger partial charge on any atom is 0.326 e. The summed E-state index contributed by atoms with van der Waals surface area (Å²) in [7, 11) is 1.64. The topological polar surface area (TPSA) is 113 Å². The van der Waals surface area contributed by atoms with Crippen LogP contribution in [0.4, 0.5) is 8.78 Å². The number of hydrazine groups is 2. The van der Waals surface area contributed by atoms with E-state index in [2.05, 4.69) is 31.7 Å². The Labute approximate surface area is 171 Å². The molecule has 0 saturated carbocycles. The Balaban J connectivity index is 1.46. The minimum Gasteiger partial charge on any atom is -0.492 e. The molecule has 3 rings (SSSR count). The van der Waals surface area contributed by atoms with Gasteiger partial charge < -0.3 is 19.1 Å². The summed E-state index contributed by atoms with van der Waals surface area (Å²) in [5.74, 6) is -1.99. The molecule has 1 aromatic carbocycles. The lowest BCUT2D eigenvalue weighted by molar-refractivity contribution is -0.139. The summed E-state index contributed by atoms with van der Waals surface area (Å²) < 4.78 is 42.6. The predicted molar refractivity (Wildman–Crippen MR) is 97.9 cm³/mol. The molecule has 10 nitrogen and oxygen atoms in total. The van der Waals surface area contributed by atoms with E-state index in [0.29, 0.717) is 16.7 Å². The van der Waals surface area contributed by atoms with Crippen LogP contribution in [-0.2, 0) is 4.79 Å². The van der Waals surface area contributed by atoms with E-state index in [1.54, 1.807) is 7.05 Å². The van der Waals surface area contributed by atoms with Crippen LogP contribution in [0.3, 0.4) is 0 Å². The number of benzene rings is 1. The van der Waals surface area contributed by atoms with Gasteiger partial charge in [0.15, 0.2) is 18.2 Å². The number of carboxylic acids is 1.